The number of pyridine rings is 1. The minimum Gasteiger partial charge on any atom is -0.248 e. The summed E-state index contributed by atoms with van der Waals surface area (Å²) in [4.78, 5) is 3.81. The van der Waals surface area contributed by atoms with Gasteiger partial charge >= 0.3 is 0 Å². The minimum atomic E-state index is -3.66. The van der Waals surface area contributed by atoms with Gasteiger partial charge in [-0.15, -0.1) is 0 Å². The molecule has 0 atom stereocenters. The van der Waals surface area contributed by atoms with E-state index in [9.17, 15) is 8.42 Å². The highest BCUT2D eigenvalue weighted by molar-refractivity contribution is 9.10. The lowest BCUT2D eigenvalue weighted by Crippen LogP contribution is -1.95. The van der Waals surface area contributed by atoms with Crippen LogP contribution in [0.5, 0.6) is 0 Å². The summed E-state index contributed by atoms with van der Waals surface area (Å²) < 4.78 is 22.3. The summed E-state index contributed by atoms with van der Waals surface area (Å²) in [6.07, 6.45) is 1.22. The van der Waals surface area contributed by atoms with E-state index in [1.807, 2.05) is 0 Å². The smallest absolute Gasteiger partial charge is 0.248 e. The molecule has 0 N–H and O–H groups in total. The molecule has 0 bridgehead atoms. The summed E-state index contributed by atoms with van der Waals surface area (Å²) in [5.74, 6) is 0. The normalized spacial score (nSPS) is 11.6. The summed E-state index contributed by atoms with van der Waals surface area (Å²) in [6, 6.07) is 1.59. The molecule has 1 aromatic heterocycles. The van der Waals surface area contributed by atoms with Crippen LogP contribution in [0.4, 0.5) is 0 Å². The first kappa shape index (κ1) is 9.95. The monoisotopic (exact) mass is 269 g/mol. The van der Waals surface area contributed by atoms with E-state index in [-0.39, 0.29) is 4.90 Å². The molecule has 0 amide bonds. The van der Waals surface area contributed by atoms with E-state index in [1.54, 1.807) is 13.0 Å². The van der Waals surface area contributed by atoms with Gasteiger partial charge in [0.15, 0.2) is 0 Å². The van der Waals surface area contributed by atoms with Crippen molar-refractivity contribution in [2.24, 2.45) is 0 Å². The highest BCUT2D eigenvalue weighted by Gasteiger charge is 2.13. The van der Waals surface area contributed by atoms with Crippen molar-refractivity contribution in [3.63, 3.8) is 0 Å². The van der Waals surface area contributed by atoms with Crippen molar-refractivity contribution >= 4 is 35.7 Å². The first-order valence-electron chi connectivity index (χ1n) is 2.98. The van der Waals surface area contributed by atoms with Gasteiger partial charge in [0.2, 0.25) is 0 Å². The van der Waals surface area contributed by atoms with E-state index in [1.165, 1.54) is 6.20 Å². The van der Waals surface area contributed by atoms with Crippen molar-refractivity contribution in [1.29, 1.82) is 0 Å². The zero-order chi connectivity index (χ0) is 9.35. The van der Waals surface area contributed by atoms with Crippen molar-refractivity contribution in [3.05, 3.63) is 22.4 Å². The third-order valence-corrected chi connectivity index (χ3v) is 3.18. The largest absolute Gasteiger partial charge is 0.263 e. The van der Waals surface area contributed by atoms with Crippen molar-refractivity contribution in [2.75, 3.05) is 0 Å². The second kappa shape index (κ2) is 3.32. The fourth-order valence-corrected chi connectivity index (χ4v) is 2.32. The second-order valence-corrected chi connectivity index (χ2v) is 5.56. The van der Waals surface area contributed by atoms with Crippen molar-refractivity contribution in [3.8, 4) is 0 Å². The number of hydrogen-bond acceptors (Lipinski definition) is 3. The Morgan fingerprint density at radius 3 is 2.58 bits per heavy atom. The predicted octanol–water partition coefficient (Wildman–Crippen LogP) is 2.08. The van der Waals surface area contributed by atoms with Gasteiger partial charge in [-0.25, -0.2) is 13.4 Å². The molecule has 1 rings (SSSR count). The van der Waals surface area contributed by atoms with Crippen LogP contribution in [-0.4, -0.2) is 13.4 Å². The number of hydrogen-bond donors (Lipinski definition) is 0. The number of rotatable bonds is 1. The van der Waals surface area contributed by atoms with Gasteiger partial charge in [0.25, 0.3) is 9.05 Å². The summed E-state index contributed by atoms with van der Waals surface area (Å²) in [5.41, 5.74) is 0.576. The van der Waals surface area contributed by atoms with Gasteiger partial charge in [0, 0.05) is 16.9 Å². The maximum absolute atomic E-state index is 10.9. The summed E-state index contributed by atoms with van der Waals surface area (Å²) >= 11 is 3.11. The maximum atomic E-state index is 10.9. The number of halogens is 2. The van der Waals surface area contributed by atoms with Crippen LogP contribution in [0.3, 0.4) is 0 Å². The van der Waals surface area contributed by atoms with Gasteiger partial charge in [0.05, 0.1) is 0 Å². The van der Waals surface area contributed by atoms with Gasteiger partial charge in [0.1, 0.15) is 9.50 Å². The molecule has 1 aromatic rings. The fourth-order valence-electron chi connectivity index (χ4n) is 0.764. The Kier molecular flexibility index (Phi) is 2.75. The van der Waals surface area contributed by atoms with Crippen LogP contribution in [0.1, 0.15) is 5.56 Å². The molecule has 0 unspecified atom stereocenters. The lowest BCUT2D eigenvalue weighted by atomic mass is 10.3. The lowest BCUT2D eigenvalue weighted by molar-refractivity contribution is 0.608. The Balaban J connectivity index is 3.39. The zero-order valence-electron chi connectivity index (χ0n) is 6.08. The highest BCUT2D eigenvalue weighted by atomic mass is 79.9. The lowest BCUT2D eigenvalue weighted by Gasteiger charge is -1.99. The Labute approximate surface area is 83.3 Å². The van der Waals surface area contributed by atoms with E-state index in [4.69, 9.17) is 10.7 Å². The van der Waals surface area contributed by atoms with Crippen LogP contribution in [0.25, 0.3) is 0 Å². The topological polar surface area (TPSA) is 47.0 Å². The minimum absolute atomic E-state index is 0.0485. The maximum Gasteiger partial charge on any atom is 0.263 e. The van der Waals surface area contributed by atoms with Gasteiger partial charge in [-0.3, -0.25) is 0 Å². The molecule has 0 spiro atoms. The SMILES string of the molecule is Cc1cc(Br)ncc1S(=O)(=O)Cl. The first-order valence-corrected chi connectivity index (χ1v) is 6.08. The molecule has 0 aliphatic rings. The molecule has 66 valence electrons. The Bertz CT molecular complexity index is 404. The predicted molar refractivity (Wildman–Crippen MR) is 49.7 cm³/mol. The number of aryl methyl sites for hydroxylation is 1. The Morgan fingerprint density at radius 2 is 2.17 bits per heavy atom. The molecular weight excluding hydrogens is 265 g/mol. The number of nitrogens with zero attached hydrogens (tertiary/aromatic N) is 1. The van der Waals surface area contributed by atoms with Crippen LogP contribution in [0.15, 0.2) is 21.8 Å². The van der Waals surface area contributed by atoms with Crippen molar-refractivity contribution in [1.82, 2.24) is 4.98 Å². The average Bonchev–Trinajstić information content (AvgIpc) is 1.83. The van der Waals surface area contributed by atoms with E-state index < -0.39 is 9.05 Å². The van der Waals surface area contributed by atoms with Crippen LogP contribution in [0, 0.1) is 6.92 Å². The zero-order valence-corrected chi connectivity index (χ0v) is 9.24. The van der Waals surface area contributed by atoms with Crippen LogP contribution < -0.4 is 0 Å². The molecule has 0 fully saturated rings. The Morgan fingerprint density at radius 1 is 1.58 bits per heavy atom. The molecule has 3 nitrogen and oxygen atoms in total. The molecule has 0 saturated heterocycles. The van der Waals surface area contributed by atoms with Crippen molar-refractivity contribution < 1.29 is 8.42 Å². The molecular formula is C6H5BrClNO2S. The van der Waals surface area contributed by atoms with Crippen LogP contribution >= 0.6 is 26.6 Å². The molecule has 0 saturated carbocycles. The van der Waals surface area contributed by atoms with Gasteiger partial charge < -0.3 is 0 Å². The third-order valence-electron chi connectivity index (χ3n) is 1.29. The van der Waals surface area contributed by atoms with Crippen LogP contribution in [-0.2, 0) is 9.05 Å². The van der Waals surface area contributed by atoms with E-state index in [0.717, 1.165) is 0 Å². The van der Waals surface area contributed by atoms with Gasteiger partial charge in [-0.1, -0.05) is 0 Å². The van der Waals surface area contributed by atoms with E-state index in [2.05, 4.69) is 20.9 Å². The van der Waals surface area contributed by atoms with Gasteiger partial charge in [-0.2, -0.15) is 0 Å². The quantitative estimate of drug-likeness (QED) is 0.580. The molecule has 0 aromatic carbocycles. The van der Waals surface area contributed by atoms with Gasteiger partial charge in [-0.05, 0) is 34.5 Å². The van der Waals surface area contributed by atoms with Crippen LogP contribution in [0.2, 0.25) is 0 Å². The Hall–Kier alpha value is -0.130. The van der Waals surface area contributed by atoms with Crippen molar-refractivity contribution in [2.45, 2.75) is 11.8 Å². The fraction of sp³-hybridized carbons (Fsp3) is 0.167. The standard InChI is InChI=1S/C6H5BrClNO2S/c1-4-2-6(7)9-3-5(4)12(8,10)11/h2-3H,1H3. The third kappa shape index (κ3) is 2.18. The van der Waals surface area contributed by atoms with E-state index in [0.29, 0.717) is 10.2 Å². The molecule has 12 heavy (non-hydrogen) atoms. The molecule has 0 aliphatic carbocycles. The first-order chi connectivity index (χ1) is 5.41. The molecule has 0 radical (unpaired) electrons. The molecule has 6 heteroatoms. The summed E-state index contributed by atoms with van der Waals surface area (Å²) in [7, 11) is 1.47. The second-order valence-electron chi connectivity index (χ2n) is 2.21. The van der Waals surface area contributed by atoms with E-state index >= 15 is 0 Å². The molecule has 1 heterocycles. The highest BCUT2D eigenvalue weighted by Crippen LogP contribution is 2.20. The molecule has 0 aliphatic heterocycles. The summed E-state index contributed by atoms with van der Waals surface area (Å²) in [5, 5.41) is 0. The average molecular weight is 271 g/mol. The number of aromatic nitrogens is 1. The summed E-state index contributed by atoms with van der Waals surface area (Å²) in [6.45, 7) is 1.65.